The van der Waals surface area contributed by atoms with Crippen molar-refractivity contribution in [1.82, 2.24) is 20.3 Å². The number of nitrogens with one attached hydrogen (secondary N) is 2. The van der Waals surface area contributed by atoms with Crippen LogP contribution in [-0.2, 0) is 6.54 Å². The predicted octanol–water partition coefficient (Wildman–Crippen LogP) is 5.03. The number of hydrogen-bond donors (Lipinski definition) is 2. The molecule has 0 radical (unpaired) electrons. The van der Waals surface area contributed by atoms with Crippen LogP contribution in [0.15, 0.2) is 73.1 Å². The van der Waals surface area contributed by atoms with E-state index in [0.717, 1.165) is 44.3 Å². The van der Waals surface area contributed by atoms with Gasteiger partial charge in [0.15, 0.2) is 0 Å². The van der Waals surface area contributed by atoms with Crippen LogP contribution < -0.4 is 10.1 Å². The molecule has 1 amide bonds. The van der Waals surface area contributed by atoms with Crippen LogP contribution in [0.3, 0.4) is 0 Å². The summed E-state index contributed by atoms with van der Waals surface area (Å²) in [5, 5.41) is 5.23. The first-order valence-corrected chi connectivity index (χ1v) is 10.4. The molecule has 2 N–H and O–H groups in total. The highest BCUT2D eigenvalue weighted by Crippen LogP contribution is 2.29. The minimum atomic E-state index is -0.140. The third kappa shape index (κ3) is 3.67. The van der Waals surface area contributed by atoms with Gasteiger partial charge in [-0.3, -0.25) is 14.8 Å². The number of aromatic amines is 1. The summed E-state index contributed by atoms with van der Waals surface area (Å²) in [4.78, 5) is 24.9. The van der Waals surface area contributed by atoms with E-state index >= 15 is 0 Å². The number of carbonyl (C=O) groups is 1. The molecule has 0 aliphatic rings. The van der Waals surface area contributed by atoms with Crippen LogP contribution in [0.4, 0.5) is 0 Å². The number of carbonyl (C=O) groups excluding carboxylic acids is 1. The summed E-state index contributed by atoms with van der Waals surface area (Å²) in [6.07, 6.45) is 3.51. The van der Waals surface area contributed by atoms with Crippen LogP contribution in [0.5, 0.6) is 5.75 Å². The zero-order valence-corrected chi connectivity index (χ0v) is 17.8. The smallest absolute Gasteiger partial charge is 0.251 e. The molecule has 0 saturated heterocycles. The molecule has 0 aliphatic carbocycles. The number of aromatic nitrogens is 3. The molecule has 0 bridgehead atoms. The lowest BCUT2D eigenvalue weighted by atomic mass is 10.1. The number of ether oxygens (including phenoxy) is 1. The van der Waals surface area contributed by atoms with Crippen molar-refractivity contribution in [2.45, 2.75) is 13.5 Å². The van der Waals surface area contributed by atoms with Gasteiger partial charge >= 0.3 is 0 Å². The van der Waals surface area contributed by atoms with Gasteiger partial charge in [0.05, 0.1) is 7.11 Å². The Morgan fingerprint density at radius 1 is 1.00 bits per heavy atom. The Hall–Kier alpha value is -4.19. The van der Waals surface area contributed by atoms with Gasteiger partial charge in [0, 0.05) is 57.6 Å². The Morgan fingerprint density at radius 2 is 1.84 bits per heavy atom. The molecule has 0 fully saturated rings. The van der Waals surface area contributed by atoms with E-state index in [2.05, 4.69) is 26.3 Å². The van der Waals surface area contributed by atoms with Gasteiger partial charge in [-0.1, -0.05) is 24.3 Å². The number of pyridine rings is 2. The molecule has 0 saturated carbocycles. The van der Waals surface area contributed by atoms with Crippen LogP contribution >= 0.6 is 0 Å². The van der Waals surface area contributed by atoms with Crippen molar-refractivity contribution in [2.24, 2.45) is 0 Å². The monoisotopic (exact) mass is 422 g/mol. The fraction of sp³-hybridized carbons (Fsp3) is 0.115. The third-order valence-electron chi connectivity index (χ3n) is 5.52. The van der Waals surface area contributed by atoms with Gasteiger partial charge in [-0.2, -0.15) is 0 Å². The lowest BCUT2D eigenvalue weighted by molar-refractivity contribution is 0.0951. The first-order valence-electron chi connectivity index (χ1n) is 10.4. The Morgan fingerprint density at radius 3 is 2.69 bits per heavy atom. The minimum Gasteiger partial charge on any atom is -0.494 e. The summed E-state index contributed by atoms with van der Waals surface area (Å²) in [5.41, 5.74) is 6.06. The number of nitrogens with zero attached hydrogens (tertiary/aromatic N) is 2. The lowest BCUT2D eigenvalue weighted by Crippen LogP contribution is -2.22. The maximum Gasteiger partial charge on any atom is 0.251 e. The maximum atomic E-state index is 12.8. The second kappa shape index (κ2) is 8.15. The molecule has 5 aromatic rings. The SMILES string of the molecule is COc1cc(CNC(=O)c2ccc3c(c2)[nH]c2ccccc23)cnc1-c1ccnc(C)c1. The van der Waals surface area contributed by atoms with Gasteiger partial charge in [-0.05, 0) is 48.9 Å². The Bertz CT molecular complexity index is 1460. The van der Waals surface area contributed by atoms with Crippen molar-refractivity contribution in [1.29, 1.82) is 0 Å². The van der Waals surface area contributed by atoms with Crippen LogP contribution in [0.1, 0.15) is 21.6 Å². The van der Waals surface area contributed by atoms with Gasteiger partial charge in [-0.25, -0.2) is 0 Å². The van der Waals surface area contributed by atoms with Crippen LogP contribution in [0, 0.1) is 6.92 Å². The number of rotatable bonds is 5. The second-order valence-electron chi connectivity index (χ2n) is 7.69. The summed E-state index contributed by atoms with van der Waals surface area (Å²) in [5.74, 6) is 0.514. The summed E-state index contributed by atoms with van der Waals surface area (Å²) in [7, 11) is 1.62. The van der Waals surface area contributed by atoms with Crippen LogP contribution in [-0.4, -0.2) is 28.0 Å². The Labute approximate surface area is 185 Å². The van der Waals surface area contributed by atoms with Crippen molar-refractivity contribution < 1.29 is 9.53 Å². The average Bonchev–Trinajstić information content (AvgIpc) is 3.20. The molecule has 6 nitrogen and oxygen atoms in total. The van der Waals surface area contributed by atoms with Crippen molar-refractivity contribution in [3.8, 4) is 17.0 Å². The topological polar surface area (TPSA) is 79.9 Å². The van der Waals surface area contributed by atoms with Crippen molar-refractivity contribution >= 4 is 27.7 Å². The number of methoxy groups -OCH3 is 1. The number of benzene rings is 2. The molecule has 2 aromatic carbocycles. The Balaban J connectivity index is 1.35. The first kappa shape index (κ1) is 19.8. The van der Waals surface area contributed by atoms with Gasteiger partial charge < -0.3 is 15.0 Å². The first-order chi connectivity index (χ1) is 15.6. The highest BCUT2D eigenvalue weighted by Gasteiger charge is 2.12. The molecule has 0 spiro atoms. The standard InChI is InChI=1S/C26H22N4O2/c1-16-11-18(9-10-27-16)25-24(32-2)12-17(14-28-25)15-29-26(31)19-7-8-21-20-5-3-4-6-22(20)30-23(21)13-19/h3-14,30H,15H2,1-2H3,(H,29,31). The van der Waals surface area contributed by atoms with Crippen molar-refractivity contribution in [3.63, 3.8) is 0 Å². The molecule has 158 valence electrons. The summed E-state index contributed by atoms with van der Waals surface area (Å²) < 4.78 is 5.55. The highest BCUT2D eigenvalue weighted by atomic mass is 16.5. The van der Waals surface area contributed by atoms with E-state index in [-0.39, 0.29) is 5.91 Å². The van der Waals surface area contributed by atoms with Crippen LogP contribution in [0.25, 0.3) is 33.1 Å². The molecule has 5 rings (SSSR count). The number of H-pyrrole nitrogens is 1. The lowest BCUT2D eigenvalue weighted by Gasteiger charge is -2.11. The van der Waals surface area contributed by atoms with Gasteiger partial charge in [0.25, 0.3) is 5.91 Å². The normalized spacial score (nSPS) is 11.1. The second-order valence-corrected chi connectivity index (χ2v) is 7.69. The average molecular weight is 422 g/mol. The van der Waals surface area contributed by atoms with E-state index < -0.39 is 0 Å². The molecule has 3 aromatic heterocycles. The van der Waals surface area contributed by atoms with E-state index in [1.165, 1.54) is 0 Å². The zero-order valence-electron chi connectivity index (χ0n) is 17.8. The molecule has 3 heterocycles. The molecule has 0 atom stereocenters. The zero-order chi connectivity index (χ0) is 22.1. The number of hydrogen-bond acceptors (Lipinski definition) is 4. The molecule has 32 heavy (non-hydrogen) atoms. The largest absolute Gasteiger partial charge is 0.494 e. The van der Waals surface area contributed by atoms with E-state index in [4.69, 9.17) is 4.74 Å². The number of fused-ring (bicyclic) bond motifs is 3. The molecular weight excluding hydrogens is 400 g/mol. The van der Waals surface area contributed by atoms with E-state index in [0.29, 0.717) is 17.9 Å². The van der Waals surface area contributed by atoms with E-state index in [1.807, 2.05) is 61.5 Å². The molecule has 6 heteroatoms. The number of amides is 1. The molecule has 0 aliphatic heterocycles. The number of aryl methyl sites for hydroxylation is 1. The van der Waals surface area contributed by atoms with E-state index in [9.17, 15) is 4.79 Å². The Kier molecular flexibility index (Phi) is 5.03. The summed E-state index contributed by atoms with van der Waals surface area (Å²) in [6.45, 7) is 2.29. The fourth-order valence-electron chi connectivity index (χ4n) is 3.93. The third-order valence-corrected chi connectivity index (χ3v) is 5.52. The van der Waals surface area contributed by atoms with Crippen LogP contribution in [0.2, 0.25) is 0 Å². The van der Waals surface area contributed by atoms with Crippen molar-refractivity contribution in [3.05, 3.63) is 89.9 Å². The van der Waals surface area contributed by atoms with Gasteiger partial charge in [-0.15, -0.1) is 0 Å². The predicted molar refractivity (Wildman–Crippen MR) is 126 cm³/mol. The van der Waals surface area contributed by atoms with Gasteiger partial charge in [0.2, 0.25) is 0 Å². The fourth-order valence-corrected chi connectivity index (χ4v) is 3.93. The van der Waals surface area contributed by atoms with Crippen molar-refractivity contribution in [2.75, 3.05) is 7.11 Å². The quantitative estimate of drug-likeness (QED) is 0.417. The minimum absolute atomic E-state index is 0.140. The summed E-state index contributed by atoms with van der Waals surface area (Å²) >= 11 is 0. The molecule has 0 unspecified atom stereocenters. The summed E-state index contributed by atoms with van der Waals surface area (Å²) in [6, 6.07) is 19.6. The van der Waals surface area contributed by atoms with Gasteiger partial charge in [0.1, 0.15) is 11.4 Å². The van der Waals surface area contributed by atoms with E-state index in [1.54, 1.807) is 19.5 Å². The highest BCUT2D eigenvalue weighted by molar-refractivity contribution is 6.09. The number of para-hydroxylation sites is 1. The molecular formula is C26H22N4O2. The maximum absolute atomic E-state index is 12.8.